The number of hydrogen-bond donors (Lipinski definition) is 1. The Morgan fingerprint density at radius 2 is 1.82 bits per heavy atom. The number of hydrogen-bond acceptors (Lipinski definition) is 2. The van der Waals surface area contributed by atoms with Gasteiger partial charge in [-0.15, -0.1) is 0 Å². The molecule has 1 heterocycles. The van der Waals surface area contributed by atoms with Crippen LogP contribution in [0.25, 0.3) is 0 Å². The molecule has 1 saturated heterocycles. The van der Waals surface area contributed by atoms with Gasteiger partial charge in [-0.1, -0.05) is 43.2 Å². The van der Waals surface area contributed by atoms with E-state index < -0.39 is 0 Å². The molecule has 2 aliphatic rings. The molecule has 1 aromatic carbocycles. The maximum absolute atomic E-state index is 12.1. The highest BCUT2D eigenvalue weighted by atomic mass is 16.1. The second-order valence-electron chi connectivity index (χ2n) is 6.81. The third-order valence-corrected chi connectivity index (χ3v) is 5.21. The molecule has 120 valence electrons. The van der Waals surface area contributed by atoms with Crippen molar-refractivity contribution in [3.63, 3.8) is 0 Å². The molecule has 2 fully saturated rings. The van der Waals surface area contributed by atoms with Crippen LogP contribution in [-0.2, 0) is 11.2 Å². The minimum atomic E-state index is 0.279. The molecule has 1 saturated carbocycles. The topological polar surface area (TPSA) is 32.3 Å². The normalized spacial score (nSPS) is 21.1. The maximum atomic E-state index is 12.1. The molecular formula is C19H28N2O. The van der Waals surface area contributed by atoms with E-state index in [0.717, 1.165) is 25.8 Å². The number of likely N-dealkylation sites (tertiary alicyclic amines) is 1. The largest absolute Gasteiger partial charge is 0.354 e. The van der Waals surface area contributed by atoms with Crippen LogP contribution >= 0.6 is 0 Å². The SMILES string of the molecule is O=C(NCC(Cc1ccccc1)N1CCCCC1)C1CCC1. The molecule has 3 rings (SSSR count). The van der Waals surface area contributed by atoms with Gasteiger partial charge in [-0.2, -0.15) is 0 Å². The van der Waals surface area contributed by atoms with E-state index in [4.69, 9.17) is 0 Å². The van der Waals surface area contributed by atoms with E-state index in [2.05, 4.69) is 40.5 Å². The lowest BCUT2D eigenvalue weighted by Gasteiger charge is -2.35. The summed E-state index contributed by atoms with van der Waals surface area (Å²) in [5.74, 6) is 0.569. The van der Waals surface area contributed by atoms with Crippen molar-refractivity contribution in [3.8, 4) is 0 Å². The number of rotatable bonds is 6. The lowest BCUT2D eigenvalue weighted by atomic mass is 9.85. The van der Waals surface area contributed by atoms with Crippen molar-refractivity contribution in [1.82, 2.24) is 10.2 Å². The average Bonchev–Trinajstić information content (AvgIpc) is 2.51. The molecule has 1 unspecified atom stereocenters. The third-order valence-electron chi connectivity index (χ3n) is 5.21. The first-order valence-electron chi connectivity index (χ1n) is 8.88. The Labute approximate surface area is 134 Å². The van der Waals surface area contributed by atoms with Gasteiger partial charge in [0.25, 0.3) is 0 Å². The molecule has 1 aromatic rings. The van der Waals surface area contributed by atoms with E-state index in [1.54, 1.807) is 0 Å². The van der Waals surface area contributed by atoms with E-state index in [1.165, 1.54) is 44.3 Å². The van der Waals surface area contributed by atoms with Crippen LogP contribution in [0.4, 0.5) is 0 Å². The van der Waals surface area contributed by atoms with Gasteiger partial charge in [-0.25, -0.2) is 0 Å². The van der Waals surface area contributed by atoms with Crippen LogP contribution in [0.15, 0.2) is 30.3 Å². The smallest absolute Gasteiger partial charge is 0.223 e. The number of piperidine rings is 1. The number of benzene rings is 1. The fourth-order valence-electron chi connectivity index (χ4n) is 3.53. The first-order valence-corrected chi connectivity index (χ1v) is 8.88. The van der Waals surface area contributed by atoms with Gasteiger partial charge in [-0.3, -0.25) is 9.69 Å². The van der Waals surface area contributed by atoms with E-state index in [-0.39, 0.29) is 5.91 Å². The molecule has 0 spiro atoms. The second kappa shape index (κ2) is 7.77. The number of carbonyl (C=O) groups excluding carboxylic acids is 1. The first-order chi connectivity index (χ1) is 10.8. The minimum absolute atomic E-state index is 0.279. The van der Waals surface area contributed by atoms with Gasteiger partial charge >= 0.3 is 0 Å². The van der Waals surface area contributed by atoms with Crippen LogP contribution in [0, 0.1) is 5.92 Å². The van der Waals surface area contributed by atoms with Crippen LogP contribution in [0.2, 0.25) is 0 Å². The monoisotopic (exact) mass is 300 g/mol. The molecule has 0 radical (unpaired) electrons. The first kappa shape index (κ1) is 15.5. The van der Waals surface area contributed by atoms with E-state index >= 15 is 0 Å². The van der Waals surface area contributed by atoms with Crippen molar-refractivity contribution in [3.05, 3.63) is 35.9 Å². The zero-order valence-corrected chi connectivity index (χ0v) is 13.5. The van der Waals surface area contributed by atoms with Crippen molar-refractivity contribution in [2.75, 3.05) is 19.6 Å². The summed E-state index contributed by atoms with van der Waals surface area (Å²) >= 11 is 0. The summed E-state index contributed by atoms with van der Waals surface area (Å²) < 4.78 is 0. The highest BCUT2D eigenvalue weighted by Gasteiger charge is 2.27. The van der Waals surface area contributed by atoms with Gasteiger partial charge in [0.05, 0.1) is 0 Å². The Balaban J connectivity index is 1.58. The summed E-state index contributed by atoms with van der Waals surface area (Å²) in [6.45, 7) is 3.15. The van der Waals surface area contributed by atoms with Crippen LogP contribution in [-0.4, -0.2) is 36.5 Å². The van der Waals surface area contributed by atoms with Gasteiger partial charge in [0.2, 0.25) is 5.91 Å². The van der Waals surface area contributed by atoms with Crippen LogP contribution in [0.1, 0.15) is 44.1 Å². The Bertz CT molecular complexity index is 464. The molecule has 1 N–H and O–H groups in total. The predicted octanol–water partition coefficient (Wildman–Crippen LogP) is 3.00. The molecule has 3 heteroatoms. The molecule has 3 nitrogen and oxygen atoms in total. The average molecular weight is 300 g/mol. The number of carbonyl (C=O) groups is 1. The van der Waals surface area contributed by atoms with Gasteiger partial charge in [0.1, 0.15) is 0 Å². The van der Waals surface area contributed by atoms with Crippen LogP contribution in [0.5, 0.6) is 0 Å². The van der Waals surface area contributed by atoms with Crippen LogP contribution < -0.4 is 5.32 Å². The summed E-state index contributed by atoms with van der Waals surface area (Å²) in [6.07, 6.45) is 8.36. The van der Waals surface area contributed by atoms with Gasteiger partial charge in [-0.05, 0) is 50.8 Å². The Hall–Kier alpha value is -1.35. The maximum Gasteiger partial charge on any atom is 0.223 e. The number of nitrogens with one attached hydrogen (secondary N) is 1. The zero-order chi connectivity index (χ0) is 15.2. The zero-order valence-electron chi connectivity index (χ0n) is 13.5. The van der Waals surface area contributed by atoms with Crippen molar-refractivity contribution in [2.24, 2.45) is 5.92 Å². The lowest BCUT2D eigenvalue weighted by molar-refractivity contribution is -0.127. The quantitative estimate of drug-likeness (QED) is 0.876. The van der Waals surface area contributed by atoms with Crippen molar-refractivity contribution < 1.29 is 4.79 Å². The summed E-state index contributed by atoms with van der Waals surface area (Å²) in [6, 6.07) is 11.1. The molecule has 0 bridgehead atoms. The third kappa shape index (κ3) is 4.10. The second-order valence-corrected chi connectivity index (χ2v) is 6.81. The molecular weight excluding hydrogens is 272 g/mol. The Kier molecular flexibility index (Phi) is 5.49. The minimum Gasteiger partial charge on any atom is -0.354 e. The summed E-state index contributed by atoms with van der Waals surface area (Å²) in [7, 11) is 0. The summed E-state index contributed by atoms with van der Waals surface area (Å²) in [4.78, 5) is 14.7. The fourth-order valence-corrected chi connectivity index (χ4v) is 3.53. The molecule has 1 atom stereocenters. The highest BCUT2D eigenvalue weighted by molar-refractivity contribution is 5.79. The molecule has 1 aliphatic heterocycles. The number of nitrogens with zero attached hydrogens (tertiary/aromatic N) is 1. The Morgan fingerprint density at radius 3 is 2.45 bits per heavy atom. The number of amides is 1. The van der Waals surface area contributed by atoms with Gasteiger partial charge in [0, 0.05) is 18.5 Å². The Morgan fingerprint density at radius 1 is 1.09 bits per heavy atom. The van der Waals surface area contributed by atoms with Crippen molar-refractivity contribution in [1.29, 1.82) is 0 Å². The molecule has 0 aromatic heterocycles. The van der Waals surface area contributed by atoms with Crippen molar-refractivity contribution in [2.45, 2.75) is 51.0 Å². The summed E-state index contributed by atoms with van der Waals surface area (Å²) in [5.41, 5.74) is 1.37. The predicted molar refractivity (Wildman–Crippen MR) is 89.7 cm³/mol. The van der Waals surface area contributed by atoms with E-state index in [9.17, 15) is 4.79 Å². The van der Waals surface area contributed by atoms with Gasteiger partial charge in [0.15, 0.2) is 0 Å². The standard InChI is InChI=1S/C19H28N2O/c22-19(17-10-7-11-17)20-15-18(21-12-5-2-6-13-21)14-16-8-3-1-4-9-16/h1,3-4,8-9,17-18H,2,5-7,10-15H2,(H,20,22). The molecule has 1 amide bonds. The van der Waals surface area contributed by atoms with E-state index in [1.807, 2.05) is 0 Å². The molecule has 22 heavy (non-hydrogen) atoms. The molecule has 1 aliphatic carbocycles. The van der Waals surface area contributed by atoms with Gasteiger partial charge < -0.3 is 5.32 Å². The lowest BCUT2D eigenvalue weighted by Crippen LogP contribution is -2.48. The fraction of sp³-hybridized carbons (Fsp3) is 0.632. The van der Waals surface area contributed by atoms with Crippen molar-refractivity contribution >= 4 is 5.91 Å². The summed E-state index contributed by atoms with van der Waals surface area (Å²) in [5, 5.41) is 3.22. The van der Waals surface area contributed by atoms with Crippen LogP contribution in [0.3, 0.4) is 0 Å². The van der Waals surface area contributed by atoms with E-state index in [0.29, 0.717) is 12.0 Å². The highest BCUT2D eigenvalue weighted by Crippen LogP contribution is 2.26.